The molecule has 4 aromatic rings. The fourth-order valence-electron chi connectivity index (χ4n) is 3.47. The molecule has 0 aliphatic heterocycles. The van der Waals surface area contributed by atoms with Crippen molar-refractivity contribution in [2.75, 3.05) is 6.61 Å². The van der Waals surface area contributed by atoms with Crippen LogP contribution in [0.4, 0.5) is 0 Å². The molecule has 2 aromatic heterocycles. The van der Waals surface area contributed by atoms with Crippen molar-refractivity contribution in [1.29, 1.82) is 0 Å². The number of pyridine rings is 2. The highest BCUT2D eigenvalue weighted by atomic mass is 79.9. The Balaban J connectivity index is 1.73. The quantitative estimate of drug-likeness (QED) is 0.255. The number of benzene rings is 2. The molecule has 162 valence electrons. The summed E-state index contributed by atoms with van der Waals surface area (Å²) in [6, 6.07) is 30.6. The number of halogens is 1. The molecule has 0 radical (unpaired) electrons. The molecule has 0 saturated carbocycles. The third-order valence-corrected chi connectivity index (χ3v) is 6.01. The second kappa shape index (κ2) is 10.7. The van der Waals surface area contributed by atoms with E-state index in [0.717, 1.165) is 44.8 Å². The fourth-order valence-corrected chi connectivity index (χ4v) is 3.87. The molecule has 0 bridgehead atoms. The van der Waals surface area contributed by atoms with Gasteiger partial charge in [-0.25, -0.2) is 9.97 Å². The van der Waals surface area contributed by atoms with Crippen molar-refractivity contribution >= 4 is 15.9 Å². The molecule has 4 rings (SSSR count). The van der Waals surface area contributed by atoms with E-state index in [9.17, 15) is 0 Å². The van der Waals surface area contributed by atoms with Gasteiger partial charge < -0.3 is 4.74 Å². The minimum absolute atomic E-state index is 0.334. The average molecular weight is 487 g/mol. The van der Waals surface area contributed by atoms with Gasteiger partial charge in [-0.3, -0.25) is 0 Å². The van der Waals surface area contributed by atoms with Crippen molar-refractivity contribution < 1.29 is 4.74 Å². The molecule has 2 atom stereocenters. The van der Waals surface area contributed by atoms with Crippen LogP contribution in [-0.4, -0.2) is 16.6 Å². The van der Waals surface area contributed by atoms with E-state index in [0.29, 0.717) is 12.5 Å². The molecular weight excluding hydrogens is 460 g/mol. The zero-order valence-electron chi connectivity index (χ0n) is 18.4. The summed E-state index contributed by atoms with van der Waals surface area (Å²) in [5.41, 5.74) is 5.74. The first-order valence-electron chi connectivity index (χ1n) is 11.0. The Morgan fingerprint density at radius 3 is 1.97 bits per heavy atom. The van der Waals surface area contributed by atoms with Crippen LogP contribution in [0.3, 0.4) is 0 Å². The standard InChI is InChI=1S/C28H27BrN2O/c1-3-20(2)19-32-28(26-16-8-14-24(30-26)21-10-5-4-6-11-21)27-17-9-15-25(31-27)22-12-7-13-23(29)18-22/h4-18,20,28H,3,19H2,1-2H3. The molecule has 2 unspecified atom stereocenters. The van der Waals surface area contributed by atoms with Gasteiger partial charge in [0.1, 0.15) is 6.10 Å². The predicted molar refractivity (Wildman–Crippen MR) is 134 cm³/mol. The van der Waals surface area contributed by atoms with Gasteiger partial charge in [0.25, 0.3) is 0 Å². The summed E-state index contributed by atoms with van der Waals surface area (Å²) in [7, 11) is 0. The van der Waals surface area contributed by atoms with Crippen LogP contribution in [0.1, 0.15) is 37.8 Å². The van der Waals surface area contributed by atoms with Crippen LogP contribution >= 0.6 is 15.9 Å². The lowest BCUT2D eigenvalue weighted by Gasteiger charge is -2.20. The van der Waals surface area contributed by atoms with Gasteiger partial charge in [-0.1, -0.05) is 90.8 Å². The van der Waals surface area contributed by atoms with Gasteiger partial charge in [0.05, 0.1) is 29.4 Å². The van der Waals surface area contributed by atoms with Gasteiger partial charge in [0, 0.05) is 15.6 Å². The Morgan fingerprint density at radius 1 is 0.750 bits per heavy atom. The first-order chi connectivity index (χ1) is 15.6. The molecule has 3 nitrogen and oxygen atoms in total. The van der Waals surface area contributed by atoms with Gasteiger partial charge in [0.15, 0.2) is 0 Å². The first kappa shape index (κ1) is 22.4. The van der Waals surface area contributed by atoms with Crippen molar-refractivity contribution in [2.24, 2.45) is 5.92 Å². The van der Waals surface area contributed by atoms with Crippen molar-refractivity contribution in [3.63, 3.8) is 0 Å². The maximum Gasteiger partial charge on any atom is 0.141 e. The Hall–Kier alpha value is -2.82. The van der Waals surface area contributed by atoms with E-state index >= 15 is 0 Å². The van der Waals surface area contributed by atoms with Crippen molar-refractivity contribution in [1.82, 2.24) is 9.97 Å². The highest BCUT2D eigenvalue weighted by molar-refractivity contribution is 9.10. The summed E-state index contributed by atoms with van der Waals surface area (Å²) in [4.78, 5) is 9.95. The lowest BCUT2D eigenvalue weighted by atomic mass is 10.1. The number of aromatic nitrogens is 2. The van der Waals surface area contributed by atoms with E-state index in [1.54, 1.807) is 0 Å². The summed E-state index contributed by atoms with van der Waals surface area (Å²) in [6.45, 7) is 5.04. The Bertz CT molecular complexity index is 1160. The maximum atomic E-state index is 6.44. The van der Waals surface area contributed by atoms with E-state index in [-0.39, 0.29) is 6.10 Å². The van der Waals surface area contributed by atoms with E-state index < -0.39 is 0 Å². The van der Waals surface area contributed by atoms with E-state index in [1.165, 1.54) is 0 Å². The van der Waals surface area contributed by atoms with Gasteiger partial charge in [-0.15, -0.1) is 0 Å². The van der Waals surface area contributed by atoms with Crippen LogP contribution in [0.2, 0.25) is 0 Å². The minimum atomic E-state index is -0.334. The molecule has 0 saturated heterocycles. The minimum Gasteiger partial charge on any atom is -0.365 e. The SMILES string of the molecule is CCC(C)COC(c1cccc(-c2ccccc2)n1)c1cccc(-c2cccc(Br)c2)n1. The van der Waals surface area contributed by atoms with E-state index in [2.05, 4.69) is 54.0 Å². The highest BCUT2D eigenvalue weighted by Gasteiger charge is 2.20. The summed E-state index contributed by atoms with van der Waals surface area (Å²) < 4.78 is 7.47. The Kier molecular flexibility index (Phi) is 7.46. The predicted octanol–water partition coefficient (Wildman–Crippen LogP) is 7.73. The summed E-state index contributed by atoms with van der Waals surface area (Å²) >= 11 is 3.56. The number of rotatable bonds is 8. The van der Waals surface area contributed by atoms with E-state index in [1.807, 2.05) is 66.7 Å². The normalized spacial score (nSPS) is 13.0. The molecule has 32 heavy (non-hydrogen) atoms. The van der Waals surface area contributed by atoms with Crippen LogP contribution in [-0.2, 0) is 4.74 Å². The van der Waals surface area contributed by atoms with Gasteiger partial charge in [-0.2, -0.15) is 0 Å². The Morgan fingerprint density at radius 2 is 1.34 bits per heavy atom. The molecule has 2 heterocycles. The van der Waals surface area contributed by atoms with Crippen molar-refractivity contribution in [3.8, 4) is 22.5 Å². The largest absolute Gasteiger partial charge is 0.365 e. The summed E-state index contributed by atoms with van der Waals surface area (Å²) in [5, 5.41) is 0. The monoisotopic (exact) mass is 486 g/mol. The topological polar surface area (TPSA) is 35.0 Å². The van der Waals surface area contributed by atoms with Crippen LogP contribution in [0.5, 0.6) is 0 Å². The molecule has 0 N–H and O–H groups in total. The third-order valence-electron chi connectivity index (χ3n) is 5.51. The lowest BCUT2D eigenvalue weighted by molar-refractivity contribution is 0.0505. The molecule has 4 heteroatoms. The smallest absolute Gasteiger partial charge is 0.141 e. The van der Waals surface area contributed by atoms with Crippen LogP contribution in [0.15, 0.2) is 95.5 Å². The molecule has 0 amide bonds. The average Bonchev–Trinajstić information content (AvgIpc) is 2.85. The number of nitrogens with zero attached hydrogens (tertiary/aromatic N) is 2. The third kappa shape index (κ3) is 5.50. The van der Waals surface area contributed by atoms with Gasteiger partial charge in [-0.05, 0) is 42.3 Å². The van der Waals surface area contributed by atoms with Crippen molar-refractivity contribution in [3.05, 3.63) is 107 Å². The van der Waals surface area contributed by atoms with Crippen LogP contribution in [0.25, 0.3) is 22.5 Å². The number of hydrogen-bond acceptors (Lipinski definition) is 3. The van der Waals surface area contributed by atoms with Crippen molar-refractivity contribution in [2.45, 2.75) is 26.4 Å². The zero-order chi connectivity index (χ0) is 22.3. The number of hydrogen-bond donors (Lipinski definition) is 0. The molecule has 0 aliphatic carbocycles. The molecule has 0 aliphatic rings. The highest BCUT2D eigenvalue weighted by Crippen LogP contribution is 2.29. The second-order valence-electron chi connectivity index (χ2n) is 8.00. The van der Waals surface area contributed by atoms with Gasteiger partial charge in [0.2, 0.25) is 0 Å². The van der Waals surface area contributed by atoms with Crippen LogP contribution in [0, 0.1) is 5.92 Å². The lowest BCUT2D eigenvalue weighted by Crippen LogP contribution is -2.14. The zero-order valence-corrected chi connectivity index (χ0v) is 20.0. The van der Waals surface area contributed by atoms with Crippen LogP contribution < -0.4 is 0 Å². The molecule has 0 spiro atoms. The molecule has 2 aromatic carbocycles. The van der Waals surface area contributed by atoms with Gasteiger partial charge >= 0.3 is 0 Å². The second-order valence-corrected chi connectivity index (χ2v) is 8.91. The molecular formula is C28H27BrN2O. The number of ether oxygens (including phenoxy) is 1. The summed E-state index contributed by atoms with van der Waals surface area (Å²) in [6.07, 6.45) is 0.732. The maximum absolute atomic E-state index is 6.44. The summed E-state index contributed by atoms with van der Waals surface area (Å²) in [5.74, 6) is 0.461. The Labute approximate surface area is 198 Å². The van der Waals surface area contributed by atoms with E-state index in [4.69, 9.17) is 14.7 Å². The fraction of sp³-hybridized carbons (Fsp3) is 0.214. The first-order valence-corrected chi connectivity index (χ1v) is 11.8. The molecule has 0 fully saturated rings.